The van der Waals surface area contributed by atoms with E-state index in [0.717, 1.165) is 4.90 Å². The molecule has 2 amide bonds. The van der Waals surface area contributed by atoms with Gasteiger partial charge < -0.3 is 15.6 Å². The zero-order valence-electron chi connectivity index (χ0n) is 7.45. The minimum atomic E-state index is -1.62. The fourth-order valence-electron chi connectivity index (χ4n) is 1.22. The number of hydrogen-bond donors (Lipinski definition) is 2. The molecule has 0 spiro atoms. The molecule has 0 aromatic carbocycles. The van der Waals surface area contributed by atoms with Crippen LogP contribution in [0.3, 0.4) is 0 Å². The van der Waals surface area contributed by atoms with Gasteiger partial charge in [0.15, 0.2) is 11.9 Å². The number of aliphatic hydroxyl groups excluding tert-OH is 1. The van der Waals surface area contributed by atoms with Crippen LogP contribution in [0.25, 0.3) is 0 Å². The first kappa shape index (κ1) is 9.41. The second kappa shape index (κ2) is 3.21. The van der Waals surface area contributed by atoms with Gasteiger partial charge in [0, 0.05) is 6.20 Å². The van der Waals surface area contributed by atoms with Crippen molar-refractivity contribution in [1.82, 2.24) is 4.90 Å². The van der Waals surface area contributed by atoms with Crippen molar-refractivity contribution in [2.24, 2.45) is 10.7 Å². The van der Waals surface area contributed by atoms with Crippen LogP contribution in [-0.2, 0) is 14.3 Å². The fourth-order valence-corrected chi connectivity index (χ4v) is 1.22. The topological polar surface area (TPSA) is 105 Å². The van der Waals surface area contributed by atoms with Gasteiger partial charge in [0.25, 0.3) is 11.8 Å². The maximum atomic E-state index is 11.5. The Bertz CT molecular complexity index is 424. The molecule has 0 radical (unpaired) electrons. The summed E-state index contributed by atoms with van der Waals surface area (Å²) < 4.78 is 4.77. The Balaban J connectivity index is 2.46. The molecule has 15 heavy (non-hydrogen) atoms. The van der Waals surface area contributed by atoms with Crippen LogP contribution >= 0.6 is 0 Å². The summed E-state index contributed by atoms with van der Waals surface area (Å²) in [6.45, 7) is 0. The van der Waals surface area contributed by atoms with Crippen LogP contribution in [0.2, 0.25) is 0 Å². The molecule has 1 atom stereocenters. The van der Waals surface area contributed by atoms with Crippen LogP contribution in [0, 0.1) is 0 Å². The van der Waals surface area contributed by atoms with E-state index >= 15 is 0 Å². The molecule has 0 aliphatic carbocycles. The predicted octanol–water partition coefficient (Wildman–Crippen LogP) is -1.58. The van der Waals surface area contributed by atoms with Crippen molar-refractivity contribution in [3.63, 3.8) is 0 Å². The van der Waals surface area contributed by atoms with Crippen molar-refractivity contribution < 1.29 is 19.4 Å². The van der Waals surface area contributed by atoms with E-state index in [4.69, 9.17) is 10.5 Å². The third-order valence-electron chi connectivity index (χ3n) is 1.93. The minimum Gasteiger partial charge on any atom is -0.467 e. The van der Waals surface area contributed by atoms with E-state index in [1.165, 1.54) is 18.7 Å². The Labute approximate surface area is 84.1 Å². The number of amides is 2. The average molecular weight is 209 g/mol. The van der Waals surface area contributed by atoms with E-state index in [1.807, 2.05) is 0 Å². The SMILES string of the molecule is NC(=O)C1=NC2=COC=CN2C(=O)C1O. The summed E-state index contributed by atoms with van der Waals surface area (Å²) in [7, 11) is 0. The first-order valence-electron chi connectivity index (χ1n) is 4.03. The van der Waals surface area contributed by atoms with Crippen molar-refractivity contribution >= 4 is 17.5 Å². The molecule has 1 unspecified atom stereocenters. The van der Waals surface area contributed by atoms with Crippen molar-refractivity contribution in [2.45, 2.75) is 6.10 Å². The maximum Gasteiger partial charge on any atom is 0.267 e. The Morgan fingerprint density at radius 1 is 1.67 bits per heavy atom. The first-order chi connectivity index (χ1) is 7.11. The molecule has 0 fully saturated rings. The van der Waals surface area contributed by atoms with Gasteiger partial charge in [-0.05, 0) is 0 Å². The lowest BCUT2D eigenvalue weighted by atomic mass is 10.1. The zero-order chi connectivity index (χ0) is 11.0. The Morgan fingerprint density at radius 2 is 2.40 bits per heavy atom. The number of hydrogen-bond acceptors (Lipinski definition) is 5. The lowest BCUT2D eigenvalue weighted by molar-refractivity contribution is -0.134. The number of rotatable bonds is 1. The molecule has 0 bridgehead atoms. The molecule has 2 aliphatic rings. The summed E-state index contributed by atoms with van der Waals surface area (Å²) in [4.78, 5) is 27.2. The van der Waals surface area contributed by atoms with Gasteiger partial charge in [0.2, 0.25) is 0 Å². The fraction of sp³-hybridized carbons (Fsp3) is 0.125. The van der Waals surface area contributed by atoms with Gasteiger partial charge in [-0.3, -0.25) is 14.5 Å². The summed E-state index contributed by atoms with van der Waals surface area (Å²) in [5.74, 6) is -1.52. The van der Waals surface area contributed by atoms with Gasteiger partial charge >= 0.3 is 0 Å². The van der Waals surface area contributed by atoms with E-state index in [1.54, 1.807) is 0 Å². The molecule has 7 heteroatoms. The number of nitrogens with two attached hydrogens (primary N) is 1. The molecule has 2 heterocycles. The number of carbonyl (C=O) groups excluding carboxylic acids is 2. The van der Waals surface area contributed by atoms with Crippen molar-refractivity contribution in [2.75, 3.05) is 0 Å². The van der Waals surface area contributed by atoms with Gasteiger partial charge in [0.05, 0.1) is 0 Å². The third kappa shape index (κ3) is 1.38. The highest BCUT2D eigenvalue weighted by molar-refractivity contribution is 6.44. The molecule has 0 saturated heterocycles. The van der Waals surface area contributed by atoms with Gasteiger partial charge in [0.1, 0.15) is 18.2 Å². The number of carbonyl (C=O) groups is 2. The average Bonchev–Trinajstić information content (AvgIpc) is 2.23. The van der Waals surface area contributed by atoms with Crippen LogP contribution in [0.15, 0.2) is 29.5 Å². The molecule has 0 aromatic rings. The number of ether oxygens (including phenoxy) is 1. The summed E-state index contributed by atoms with van der Waals surface area (Å²) in [6, 6.07) is 0. The van der Waals surface area contributed by atoms with Crippen molar-refractivity contribution in [3.8, 4) is 0 Å². The first-order valence-corrected chi connectivity index (χ1v) is 4.03. The normalized spacial score (nSPS) is 23.9. The number of fused-ring (bicyclic) bond motifs is 1. The lowest BCUT2D eigenvalue weighted by Crippen LogP contribution is -2.49. The Kier molecular flexibility index (Phi) is 2.01. The minimum absolute atomic E-state index is 0.113. The molecule has 2 rings (SSSR count). The van der Waals surface area contributed by atoms with Crippen LogP contribution in [0.5, 0.6) is 0 Å². The standard InChI is InChI=1S/C8H7N3O4/c9-7(13)5-6(12)8(14)11-1-2-15-3-4(11)10-5/h1-3,6,12H,(H2,9,13). The van der Waals surface area contributed by atoms with Gasteiger partial charge in [-0.15, -0.1) is 0 Å². The van der Waals surface area contributed by atoms with Crippen molar-refractivity contribution in [3.05, 3.63) is 24.5 Å². The lowest BCUT2D eigenvalue weighted by Gasteiger charge is -2.27. The molecule has 0 aromatic heterocycles. The van der Waals surface area contributed by atoms with E-state index in [9.17, 15) is 14.7 Å². The third-order valence-corrected chi connectivity index (χ3v) is 1.93. The van der Waals surface area contributed by atoms with Crippen LogP contribution in [0.1, 0.15) is 0 Å². The molecular weight excluding hydrogens is 202 g/mol. The van der Waals surface area contributed by atoms with Crippen LogP contribution < -0.4 is 5.73 Å². The molecule has 0 saturated carbocycles. The largest absolute Gasteiger partial charge is 0.467 e. The Hall–Kier alpha value is -2.15. The smallest absolute Gasteiger partial charge is 0.267 e. The van der Waals surface area contributed by atoms with E-state index < -0.39 is 17.9 Å². The molecular formula is C8H7N3O4. The summed E-state index contributed by atoms with van der Waals surface area (Å²) in [6.07, 6.45) is 2.09. The number of primary amides is 1. The highest BCUT2D eigenvalue weighted by Gasteiger charge is 2.36. The summed E-state index contributed by atoms with van der Waals surface area (Å²) in [5.41, 5.74) is 4.57. The molecule has 3 N–H and O–H groups in total. The molecule has 7 nitrogen and oxygen atoms in total. The number of nitrogens with zero attached hydrogens (tertiary/aromatic N) is 2. The second-order valence-electron chi connectivity index (χ2n) is 2.87. The van der Waals surface area contributed by atoms with E-state index in [2.05, 4.69) is 4.99 Å². The number of aliphatic hydroxyl groups is 1. The quantitative estimate of drug-likeness (QED) is 0.543. The monoisotopic (exact) mass is 209 g/mol. The molecule has 78 valence electrons. The predicted molar refractivity (Wildman–Crippen MR) is 47.8 cm³/mol. The van der Waals surface area contributed by atoms with Gasteiger partial charge in [-0.25, -0.2) is 4.99 Å². The van der Waals surface area contributed by atoms with E-state index in [-0.39, 0.29) is 11.5 Å². The van der Waals surface area contributed by atoms with E-state index in [0.29, 0.717) is 0 Å². The van der Waals surface area contributed by atoms with Crippen LogP contribution in [0.4, 0.5) is 0 Å². The zero-order valence-corrected chi connectivity index (χ0v) is 7.45. The highest BCUT2D eigenvalue weighted by Crippen LogP contribution is 2.19. The second-order valence-corrected chi connectivity index (χ2v) is 2.87. The molecule has 2 aliphatic heterocycles. The van der Waals surface area contributed by atoms with Crippen LogP contribution in [-0.4, -0.2) is 33.6 Å². The number of aliphatic imine (C=N–C) groups is 1. The van der Waals surface area contributed by atoms with Gasteiger partial charge in [-0.1, -0.05) is 0 Å². The van der Waals surface area contributed by atoms with Gasteiger partial charge in [-0.2, -0.15) is 0 Å². The Morgan fingerprint density at radius 3 is 3.07 bits per heavy atom. The summed E-state index contributed by atoms with van der Waals surface area (Å²) in [5, 5.41) is 9.42. The maximum absolute atomic E-state index is 11.5. The van der Waals surface area contributed by atoms with Crippen molar-refractivity contribution in [1.29, 1.82) is 0 Å². The summed E-state index contributed by atoms with van der Waals surface area (Å²) >= 11 is 0. The highest BCUT2D eigenvalue weighted by atomic mass is 16.5.